The van der Waals surface area contributed by atoms with Crippen LogP contribution in [0.2, 0.25) is 0 Å². The molecule has 3 heterocycles. The molecule has 0 bridgehead atoms. The standard InChI is InChI=1S/C30H42N4O2/c1-22-28(12-9-23-7-10-25(11-8-23)24-5-3-2-4-6-24)31-21-32-29(22)30(36)34-17-13-26(14-18-34)33-19-15-27(35)16-20-33/h2-6,21,23,25-27,35H,7-20H2,1H3. The molecule has 3 fully saturated rings. The maximum Gasteiger partial charge on any atom is 0.272 e. The molecule has 6 nitrogen and oxygen atoms in total. The van der Waals surface area contributed by atoms with Gasteiger partial charge in [-0.1, -0.05) is 30.3 Å². The van der Waals surface area contributed by atoms with Crippen LogP contribution in [-0.2, 0) is 6.42 Å². The molecule has 6 heteroatoms. The van der Waals surface area contributed by atoms with Gasteiger partial charge in [0.2, 0.25) is 0 Å². The summed E-state index contributed by atoms with van der Waals surface area (Å²) in [6.07, 6.45) is 12.4. The average molecular weight is 491 g/mol. The number of nitrogens with zero attached hydrogens (tertiary/aromatic N) is 4. The van der Waals surface area contributed by atoms with E-state index in [-0.39, 0.29) is 12.0 Å². The molecular formula is C30H42N4O2. The molecule has 194 valence electrons. The maximum absolute atomic E-state index is 13.4. The Morgan fingerprint density at radius 1 is 0.917 bits per heavy atom. The first-order valence-corrected chi connectivity index (χ1v) is 14.1. The van der Waals surface area contributed by atoms with Crippen molar-refractivity contribution in [3.63, 3.8) is 0 Å². The minimum Gasteiger partial charge on any atom is -0.393 e. The quantitative estimate of drug-likeness (QED) is 0.633. The number of carbonyl (C=O) groups excluding carboxylic acids is 1. The van der Waals surface area contributed by atoms with Gasteiger partial charge < -0.3 is 14.9 Å². The molecule has 3 aliphatic rings. The second-order valence-electron chi connectivity index (χ2n) is 11.3. The van der Waals surface area contributed by atoms with E-state index in [0.717, 1.165) is 81.9 Å². The summed E-state index contributed by atoms with van der Waals surface area (Å²) in [5.74, 6) is 1.51. The number of rotatable bonds is 6. The normalized spacial score (nSPS) is 24.7. The molecule has 0 unspecified atom stereocenters. The summed E-state index contributed by atoms with van der Waals surface area (Å²) in [6.45, 7) is 5.54. The van der Waals surface area contributed by atoms with Gasteiger partial charge in [-0.2, -0.15) is 0 Å². The first-order chi connectivity index (χ1) is 17.6. The Bertz CT molecular complexity index is 989. The van der Waals surface area contributed by atoms with Crippen molar-refractivity contribution in [2.24, 2.45) is 5.92 Å². The number of hydrogen-bond acceptors (Lipinski definition) is 5. The fraction of sp³-hybridized carbons (Fsp3) is 0.633. The van der Waals surface area contributed by atoms with Crippen molar-refractivity contribution in [2.75, 3.05) is 26.2 Å². The number of amides is 1. The largest absolute Gasteiger partial charge is 0.393 e. The Balaban J connectivity index is 1.11. The molecule has 1 amide bonds. The SMILES string of the molecule is Cc1c(CCC2CCC(c3ccccc3)CC2)ncnc1C(=O)N1CCC(N2CCC(O)CC2)CC1. The van der Waals surface area contributed by atoms with Gasteiger partial charge in [0.05, 0.1) is 6.10 Å². The van der Waals surface area contributed by atoms with Crippen molar-refractivity contribution in [1.29, 1.82) is 0 Å². The zero-order valence-electron chi connectivity index (χ0n) is 21.8. The fourth-order valence-electron chi connectivity index (χ4n) is 6.64. The lowest BCUT2D eigenvalue weighted by Crippen LogP contribution is -2.49. The van der Waals surface area contributed by atoms with Crippen molar-refractivity contribution in [3.8, 4) is 0 Å². The summed E-state index contributed by atoms with van der Waals surface area (Å²) in [4.78, 5) is 26.9. The molecule has 0 radical (unpaired) electrons. The smallest absolute Gasteiger partial charge is 0.272 e. The highest BCUT2D eigenvalue weighted by Crippen LogP contribution is 2.37. The third-order valence-electron chi connectivity index (χ3n) is 9.07. The molecule has 0 spiro atoms. The number of aryl methyl sites for hydroxylation is 1. The monoisotopic (exact) mass is 490 g/mol. The van der Waals surface area contributed by atoms with Crippen LogP contribution in [0.15, 0.2) is 36.7 Å². The zero-order chi connectivity index (χ0) is 24.9. The molecule has 36 heavy (non-hydrogen) atoms. The third kappa shape index (κ3) is 5.97. The van der Waals surface area contributed by atoms with Crippen LogP contribution >= 0.6 is 0 Å². The van der Waals surface area contributed by atoms with Gasteiger partial charge in [-0.25, -0.2) is 9.97 Å². The maximum atomic E-state index is 13.4. The second-order valence-corrected chi connectivity index (χ2v) is 11.3. The average Bonchev–Trinajstić information content (AvgIpc) is 2.93. The Morgan fingerprint density at radius 3 is 2.31 bits per heavy atom. The Morgan fingerprint density at radius 2 is 1.61 bits per heavy atom. The molecule has 2 aromatic rings. The van der Waals surface area contributed by atoms with E-state index in [1.54, 1.807) is 6.33 Å². The Kier molecular flexibility index (Phi) is 8.32. The lowest BCUT2D eigenvalue weighted by molar-refractivity contribution is 0.0355. The van der Waals surface area contributed by atoms with E-state index in [2.05, 4.69) is 45.2 Å². The highest BCUT2D eigenvalue weighted by Gasteiger charge is 2.31. The predicted molar refractivity (Wildman–Crippen MR) is 142 cm³/mol. The molecule has 1 aliphatic carbocycles. The summed E-state index contributed by atoms with van der Waals surface area (Å²) < 4.78 is 0. The topological polar surface area (TPSA) is 69.6 Å². The molecule has 5 rings (SSSR count). The Hall–Kier alpha value is -2.31. The van der Waals surface area contributed by atoms with Crippen LogP contribution in [0.4, 0.5) is 0 Å². The van der Waals surface area contributed by atoms with Crippen LogP contribution in [0.25, 0.3) is 0 Å². The summed E-state index contributed by atoms with van der Waals surface area (Å²) in [7, 11) is 0. The number of piperidine rings is 2. The van der Waals surface area contributed by atoms with Gasteiger partial charge in [0.1, 0.15) is 12.0 Å². The summed E-state index contributed by atoms with van der Waals surface area (Å²) >= 11 is 0. The summed E-state index contributed by atoms with van der Waals surface area (Å²) in [5, 5.41) is 9.79. The van der Waals surface area contributed by atoms with Gasteiger partial charge in [0.25, 0.3) is 5.91 Å². The number of likely N-dealkylation sites (tertiary alicyclic amines) is 2. The number of aliphatic hydroxyl groups is 1. The van der Waals surface area contributed by atoms with Crippen molar-refractivity contribution < 1.29 is 9.90 Å². The van der Waals surface area contributed by atoms with Crippen LogP contribution in [0, 0.1) is 12.8 Å². The molecule has 2 saturated heterocycles. The second kappa shape index (κ2) is 11.8. The van der Waals surface area contributed by atoms with Gasteiger partial charge >= 0.3 is 0 Å². The Labute approximate surface area is 216 Å². The minimum absolute atomic E-state index is 0.0621. The van der Waals surface area contributed by atoms with Gasteiger partial charge in [-0.3, -0.25) is 4.79 Å². The molecule has 1 aromatic heterocycles. The van der Waals surface area contributed by atoms with Crippen LogP contribution < -0.4 is 0 Å². The predicted octanol–water partition coefficient (Wildman–Crippen LogP) is 4.75. The zero-order valence-corrected chi connectivity index (χ0v) is 21.8. The number of aromatic nitrogens is 2. The van der Waals surface area contributed by atoms with E-state index in [0.29, 0.717) is 17.7 Å². The van der Waals surface area contributed by atoms with Gasteiger partial charge in [-0.15, -0.1) is 0 Å². The molecule has 0 atom stereocenters. The highest BCUT2D eigenvalue weighted by molar-refractivity contribution is 5.93. The first-order valence-electron chi connectivity index (χ1n) is 14.1. The van der Waals surface area contributed by atoms with Gasteiger partial charge in [0, 0.05) is 43.5 Å². The molecule has 2 aliphatic heterocycles. The fourth-order valence-corrected chi connectivity index (χ4v) is 6.64. The van der Waals surface area contributed by atoms with Crippen LogP contribution in [0.1, 0.15) is 91.0 Å². The van der Waals surface area contributed by atoms with E-state index in [1.807, 2.05) is 11.8 Å². The van der Waals surface area contributed by atoms with Crippen molar-refractivity contribution >= 4 is 5.91 Å². The minimum atomic E-state index is -0.137. The number of carbonyl (C=O) groups is 1. The lowest BCUT2D eigenvalue weighted by atomic mass is 9.77. The molecule has 1 saturated carbocycles. The van der Waals surface area contributed by atoms with Crippen LogP contribution in [-0.4, -0.2) is 69.1 Å². The lowest BCUT2D eigenvalue weighted by Gasteiger charge is -2.41. The van der Waals surface area contributed by atoms with Crippen molar-refractivity contribution in [1.82, 2.24) is 19.8 Å². The van der Waals surface area contributed by atoms with E-state index in [9.17, 15) is 9.90 Å². The van der Waals surface area contributed by atoms with E-state index < -0.39 is 0 Å². The first kappa shape index (κ1) is 25.3. The third-order valence-corrected chi connectivity index (χ3v) is 9.07. The van der Waals surface area contributed by atoms with Crippen LogP contribution in [0.3, 0.4) is 0 Å². The van der Waals surface area contributed by atoms with Crippen molar-refractivity contribution in [2.45, 2.75) is 89.2 Å². The number of benzene rings is 1. The van der Waals surface area contributed by atoms with Crippen LogP contribution in [0.5, 0.6) is 0 Å². The van der Waals surface area contributed by atoms with E-state index >= 15 is 0 Å². The number of hydrogen-bond donors (Lipinski definition) is 1. The van der Waals surface area contributed by atoms with Gasteiger partial charge in [0.15, 0.2) is 0 Å². The molecule has 1 N–H and O–H groups in total. The van der Waals surface area contributed by atoms with Crippen molar-refractivity contribution in [3.05, 3.63) is 59.2 Å². The van der Waals surface area contributed by atoms with Gasteiger partial charge in [-0.05, 0) is 88.5 Å². The highest BCUT2D eigenvalue weighted by atomic mass is 16.3. The van der Waals surface area contributed by atoms with E-state index in [1.165, 1.54) is 31.2 Å². The summed E-state index contributed by atoms with van der Waals surface area (Å²) in [5.41, 5.74) is 4.09. The van der Waals surface area contributed by atoms with E-state index in [4.69, 9.17) is 0 Å². The molecular weight excluding hydrogens is 448 g/mol. The molecule has 1 aromatic carbocycles. The summed E-state index contributed by atoms with van der Waals surface area (Å²) in [6, 6.07) is 11.5. The number of aliphatic hydroxyl groups excluding tert-OH is 1.